The second kappa shape index (κ2) is 4.61. The second-order valence-electron chi connectivity index (χ2n) is 4.31. The fourth-order valence-corrected chi connectivity index (χ4v) is 2.15. The van der Waals surface area contributed by atoms with E-state index in [9.17, 15) is 9.59 Å². The van der Waals surface area contributed by atoms with Crippen molar-refractivity contribution in [2.75, 3.05) is 7.11 Å². The summed E-state index contributed by atoms with van der Waals surface area (Å²) in [4.78, 5) is 23.0. The highest BCUT2D eigenvalue weighted by atomic mass is 16.5. The van der Waals surface area contributed by atoms with Gasteiger partial charge in [-0.15, -0.1) is 0 Å². The van der Waals surface area contributed by atoms with Crippen LogP contribution >= 0.6 is 0 Å². The number of ether oxygens (including phenoxy) is 1. The van der Waals surface area contributed by atoms with E-state index in [0.717, 1.165) is 22.4 Å². The lowest BCUT2D eigenvalue weighted by Gasteiger charge is -2.09. The first-order chi connectivity index (χ1) is 8.52. The SMILES string of the molecule is COc1c(C)cc(C=C2C(=O)C=CC2=O)cc1C. The fraction of sp³-hybridized carbons (Fsp3) is 0.200. The highest BCUT2D eigenvalue weighted by Gasteiger charge is 2.19. The van der Waals surface area contributed by atoms with Crippen molar-refractivity contribution in [1.82, 2.24) is 0 Å². The topological polar surface area (TPSA) is 43.4 Å². The number of hydrogen-bond donors (Lipinski definition) is 0. The molecule has 18 heavy (non-hydrogen) atoms. The zero-order chi connectivity index (χ0) is 13.3. The van der Waals surface area contributed by atoms with E-state index >= 15 is 0 Å². The summed E-state index contributed by atoms with van der Waals surface area (Å²) in [6.45, 7) is 3.87. The van der Waals surface area contributed by atoms with Crippen LogP contribution in [0.25, 0.3) is 6.08 Å². The molecule has 0 spiro atoms. The average Bonchev–Trinajstić information content (AvgIpc) is 2.60. The van der Waals surface area contributed by atoms with E-state index in [0.29, 0.717) is 0 Å². The van der Waals surface area contributed by atoms with Gasteiger partial charge in [0.2, 0.25) is 0 Å². The van der Waals surface area contributed by atoms with Gasteiger partial charge in [-0.1, -0.05) is 0 Å². The highest BCUT2D eigenvalue weighted by Crippen LogP contribution is 2.26. The maximum atomic E-state index is 11.5. The molecule has 3 heteroatoms. The molecule has 0 bridgehead atoms. The van der Waals surface area contributed by atoms with Crippen molar-refractivity contribution in [3.8, 4) is 5.75 Å². The lowest BCUT2D eigenvalue weighted by Crippen LogP contribution is -2.00. The molecule has 0 N–H and O–H groups in total. The zero-order valence-electron chi connectivity index (χ0n) is 10.6. The number of allylic oxidation sites excluding steroid dienone is 3. The van der Waals surface area contributed by atoms with Crippen LogP contribution in [-0.4, -0.2) is 18.7 Å². The third-order valence-electron chi connectivity index (χ3n) is 2.91. The van der Waals surface area contributed by atoms with Crippen LogP contribution in [0.15, 0.2) is 29.9 Å². The quantitative estimate of drug-likeness (QED) is 0.591. The largest absolute Gasteiger partial charge is 0.496 e. The predicted octanol–water partition coefficient (Wildman–Crippen LogP) is 2.40. The van der Waals surface area contributed by atoms with Gasteiger partial charge in [-0.3, -0.25) is 9.59 Å². The predicted molar refractivity (Wildman–Crippen MR) is 69.6 cm³/mol. The van der Waals surface area contributed by atoms with Crippen LogP contribution in [0.4, 0.5) is 0 Å². The smallest absolute Gasteiger partial charge is 0.189 e. The molecule has 0 amide bonds. The molecule has 0 aliphatic heterocycles. The number of carbonyl (C=O) groups excluding carboxylic acids is 2. The van der Waals surface area contributed by atoms with Crippen molar-refractivity contribution in [3.05, 3.63) is 46.5 Å². The molecule has 0 fully saturated rings. The van der Waals surface area contributed by atoms with Crippen molar-refractivity contribution >= 4 is 17.6 Å². The summed E-state index contributed by atoms with van der Waals surface area (Å²) in [5, 5.41) is 0. The van der Waals surface area contributed by atoms with Crippen LogP contribution in [-0.2, 0) is 9.59 Å². The Bertz CT molecular complexity index is 549. The van der Waals surface area contributed by atoms with E-state index in [2.05, 4.69) is 0 Å². The molecule has 0 unspecified atom stereocenters. The Morgan fingerprint density at radius 1 is 1.00 bits per heavy atom. The Morgan fingerprint density at radius 3 is 1.94 bits per heavy atom. The van der Waals surface area contributed by atoms with E-state index in [-0.39, 0.29) is 17.1 Å². The van der Waals surface area contributed by atoms with E-state index in [1.165, 1.54) is 12.2 Å². The molecule has 92 valence electrons. The van der Waals surface area contributed by atoms with E-state index in [1.807, 2.05) is 26.0 Å². The molecule has 1 aromatic carbocycles. The van der Waals surface area contributed by atoms with E-state index < -0.39 is 0 Å². The molecule has 1 aliphatic carbocycles. The van der Waals surface area contributed by atoms with Gasteiger partial charge in [0.05, 0.1) is 12.7 Å². The molecule has 0 heterocycles. The minimum Gasteiger partial charge on any atom is -0.496 e. The molecule has 0 saturated heterocycles. The van der Waals surface area contributed by atoms with Gasteiger partial charge in [-0.05, 0) is 60.9 Å². The van der Waals surface area contributed by atoms with Gasteiger partial charge in [0.15, 0.2) is 11.6 Å². The minimum absolute atomic E-state index is 0.221. The molecule has 3 nitrogen and oxygen atoms in total. The van der Waals surface area contributed by atoms with Crippen molar-refractivity contribution in [1.29, 1.82) is 0 Å². The third-order valence-corrected chi connectivity index (χ3v) is 2.91. The Labute approximate surface area is 106 Å². The Morgan fingerprint density at radius 2 is 1.50 bits per heavy atom. The first-order valence-electron chi connectivity index (χ1n) is 5.66. The van der Waals surface area contributed by atoms with Crippen molar-refractivity contribution < 1.29 is 14.3 Å². The Hall–Kier alpha value is -2.16. The first-order valence-corrected chi connectivity index (χ1v) is 5.66. The van der Waals surface area contributed by atoms with Crippen LogP contribution in [0.1, 0.15) is 16.7 Å². The number of carbonyl (C=O) groups is 2. The minimum atomic E-state index is -0.230. The van der Waals surface area contributed by atoms with Gasteiger partial charge in [-0.25, -0.2) is 0 Å². The second-order valence-corrected chi connectivity index (χ2v) is 4.31. The summed E-state index contributed by atoms with van der Waals surface area (Å²) in [7, 11) is 1.63. The lowest BCUT2D eigenvalue weighted by molar-refractivity contribution is -0.115. The van der Waals surface area contributed by atoms with Crippen LogP contribution in [0.2, 0.25) is 0 Å². The van der Waals surface area contributed by atoms with E-state index in [4.69, 9.17) is 4.74 Å². The molecule has 0 atom stereocenters. The third kappa shape index (κ3) is 2.12. The summed E-state index contributed by atoms with van der Waals surface area (Å²) in [6.07, 6.45) is 4.24. The maximum Gasteiger partial charge on any atom is 0.189 e. The van der Waals surface area contributed by atoms with Gasteiger partial charge < -0.3 is 4.74 Å². The van der Waals surface area contributed by atoms with Crippen LogP contribution in [0, 0.1) is 13.8 Å². The Kier molecular flexibility index (Phi) is 3.15. The average molecular weight is 242 g/mol. The van der Waals surface area contributed by atoms with Crippen LogP contribution in [0.3, 0.4) is 0 Å². The summed E-state index contributed by atoms with van der Waals surface area (Å²) < 4.78 is 5.28. The Balaban J connectivity index is 2.45. The van der Waals surface area contributed by atoms with Crippen molar-refractivity contribution in [3.63, 3.8) is 0 Å². The van der Waals surface area contributed by atoms with E-state index in [1.54, 1.807) is 13.2 Å². The molecule has 2 rings (SSSR count). The number of ketones is 2. The first kappa shape index (κ1) is 12.3. The maximum absolute atomic E-state index is 11.5. The molecule has 0 radical (unpaired) electrons. The normalized spacial score (nSPS) is 14.3. The number of rotatable bonds is 2. The van der Waals surface area contributed by atoms with Gasteiger partial charge in [0.1, 0.15) is 5.75 Å². The summed E-state index contributed by atoms with van der Waals surface area (Å²) in [5.74, 6) is 0.372. The van der Waals surface area contributed by atoms with Crippen LogP contribution in [0.5, 0.6) is 5.75 Å². The van der Waals surface area contributed by atoms with Gasteiger partial charge >= 0.3 is 0 Å². The highest BCUT2D eigenvalue weighted by molar-refractivity contribution is 6.35. The zero-order valence-corrected chi connectivity index (χ0v) is 10.6. The summed E-state index contributed by atoms with van der Waals surface area (Å²) in [6, 6.07) is 3.80. The molecular formula is C15H14O3. The standard InChI is InChI=1S/C15H14O3/c1-9-6-11(7-10(2)15(9)18-3)8-12-13(16)4-5-14(12)17/h4-8H,1-3H3. The lowest BCUT2D eigenvalue weighted by atomic mass is 10.0. The molecule has 0 saturated carbocycles. The molecule has 0 aromatic heterocycles. The van der Waals surface area contributed by atoms with Crippen molar-refractivity contribution in [2.45, 2.75) is 13.8 Å². The number of hydrogen-bond acceptors (Lipinski definition) is 3. The molecule has 1 aliphatic rings. The number of aryl methyl sites for hydroxylation is 2. The number of methoxy groups -OCH3 is 1. The molecule has 1 aromatic rings. The summed E-state index contributed by atoms with van der Waals surface area (Å²) in [5.41, 5.74) is 3.02. The monoisotopic (exact) mass is 242 g/mol. The van der Waals surface area contributed by atoms with Gasteiger partial charge in [0, 0.05) is 0 Å². The molecular weight excluding hydrogens is 228 g/mol. The van der Waals surface area contributed by atoms with Gasteiger partial charge in [0.25, 0.3) is 0 Å². The number of benzene rings is 1. The van der Waals surface area contributed by atoms with Crippen LogP contribution < -0.4 is 4.74 Å². The summed E-state index contributed by atoms with van der Waals surface area (Å²) >= 11 is 0. The van der Waals surface area contributed by atoms with Crippen molar-refractivity contribution in [2.24, 2.45) is 0 Å². The fourth-order valence-electron chi connectivity index (χ4n) is 2.15. The van der Waals surface area contributed by atoms with Gasteiger partial charge in [-0.2, -0.15) is 0 Å².